The van der Waals surface area contributed by atoms with Crippen LogP contribution in [0.5, 0.6) is 5.75 Å². The second-order valence-corrected chi connectivity index (χ2v) is 2.76. The third-order valence-corrected chi connectivity index (χ3v) is 1.79. The molecule has 0 spiro atoms. The molecule has 0 radical (unpaired) electrons. The van der Waals surface area contributed by atoms with Gasteiger partial charge in [-0.15, -0.1) is 0 Å². The molecular formula is C10H9FO3. The predicted octanol–water partition coefficient (Wildman–Crippen LogP) is 1.85. The highest BCUT2D eigenvalue weighted by molar-refractivity contribution is 5.98. The van der Waals surface area contributed by atoms with Crippen LogP contribution in [0.2, 0.25) is 0 Å². The van der Waals surface area contributed by atoms with E-state index < -0.39 is 5.82 Å². The summed E-state index contributed by atoms with van der Waals surface area (Å²) in [4.78, 5) is 21.5. The van der Waals surface area contributed by atoms with E-state index in [9.17, 15) is 14.0 Å². The minimum atomic E-state index is -0.706. The number of ketones is 1. The molecule has 0 fully saturated rings. The number of aldehydes is 1. The van der Waals surface area contributed by atoms with Gasteiger partial charge in [0, 0.05) is 5.56 Å². The number of ether oxygens (including phenoxy) is 1. The normalized spacial score (nSPS) is 9.64. The second-order valence-electron chi connectivity index (χ2n) is 2.76. The minimum Gasteiger partial charge on any atom is -0.493 e. The number of methoxy groups -OCH3 is 1. The molecule has 0 aromatic heterocycles. The van der Waals surface area contributed by atoms with Crippen molar-refractivity contribution in [3.63, 3.8) is 0 Å². The number of rotatable bonds is 3. The van der Waals surface area contributed by atoms with Crippen molar-refractivity contribution in [3.8, 4) is 5.75 Å². The van der Waals surface area contributed by atoms with Crippen LogP contribution >= 0.6 is 0 Å². The zero-order valence-corrected chi connectivity index (χ0v) is 7.83. The first-order valence-corrected chi connectivity index (χ1v) is 3.93. The Kier molecular flexibility index (Phi) is 2.96. The molecule has 0 unspecified atom stereocenters. The highest BCUT2D eigenvalue weighted by atomic mass is 19.1. The van der Waals surface area contributed by atoms with Crippen molar-refractivity contribution in [2.24, 2.45) is 0 Å². The van der Waals surface area contributed by atoms with E-state index in [0.717, 1.165) is 6.07 Å². The molecule has 3 nitrogen and oxygen atoms in total. The molecular weight excluding hydrogens is 187 g/mol. The van der Waals surface area contributed by atoms with E-state index in [1.807, 2.05) is 0 Å². The van der Waals surface area contributed by atoms with Crippen LogP contribution in [-0.4, -0.2) is 19.2 Å². The van der Waals surface area contributed by atoms with Crippen LogP contribution in [0.15, 0.2) is 12.1 Å². The molecule has 0 saturated heterocycles. The number of hydrogen-bond acceptors (Lipinski definition) is 3. The van der Waals surface area contributed by atoms with Gasteiger partial charge in [-0.05, 0) is 19.1 Å². The molecule has 0 saturated carbocycles. The largest absolute Gasteiger partial charge is 0.493 e. The van der Waals surface area contributed by atoms with Crippen LogP contribution in [0.3, 0.4) is 0 Å². The van der Waals surface area contributed by atoms with Gasteiger partial charge in [0.05, 0.1) is 12.7 Å². The summed E-state index contributed by atoms with van der Waals surface area (Å²) in [6.45, 7) is 1.28. The summed E-state index contributed by atoms with van der Waals surface area (Å²) in [7, 11) is 1.27. The van der Waals surface area contributed by atoms with Gasteiger partial charge in [0.2, 0.25) is 0 Å². The molecule has 1 rings (SSSR count). The lowest BCUT2D eigenvalue weighted by atomic mass is 10.1. The Labute approximate surface area is 80.5 Å². The van der Waals surface area contributed by atoms with Gasteiger partial charge in [-0.25, -0.2) is 4.39 Å². The third kappa shape index (κ3) is 1.79. The molecule has 0 aliphatic carbocycles. The number of carbonyl (C=O) groups is 2. The van der Waals surface area contributed by atoms with E-state index in [2.05, 4.69) is 0 Å². The van der Waals surface area contributed by atoms with Crippen molar-refractivity contribution < 1.29 is 18.7 Å². The van der Waals surface area contributed by atoms with Gasteiger partial charge in [-0.3, -0.25) is 9.59 Å². The lowest BCUT2D eigenvalue weighted by Gasteiger charge is -2.07. The van der Waals surface area contributed by atoms with Crippen LogP contribution in [0, 0.1) is 5.82 Å². The average Bonchev–Trinajstić information content (AvgIpc) is 2.16. The van der Waals surface area contributed by atoms with Crippen LogP contribution in [0.4, 0.5) is 4.39 Å². The molecule has 0 N–H and O–H groups in total. The van der Waals surface area contributed by atoms with Crippen molar-refractivity contribution in [1.82, 2.24) is 0 Å². The zero-order chi connectivity index (χ0) is 10.7. The topological polar surface area (TPSA) is 43.4 Å². The van der Waals surface area contributed by atoms with Crippen LogP contribution in [0.1, 0.15) is 27.6 Å². The molecule has 0 aliphatic heterocycles. The average molecular weight is 196 g/mol. The zero-order valence-electron chi connectivity index (χ0n) is 7.83. The molecule has 0 heterocycles. The van der Waals surface area contributed by atoms with Crippen LogP contribution in [0.25, 0.3) is 0 Å². The molecule has 0 atom stereocenters. The fourth-order valence-corrected chi connectivity index (χ4v) is 1.15. The summed E-state index contributed by atoms with van der Waals surface area (Å²) in [6.07, 6.45) is 0.481. The highest BCUT2D eigenvalue weighted by Crippen LogP contribution is 2.24. The molecule has 74 valence electrons. The quantitative estimate of drug-likeness (QED) is 0.547. The minimum absolute atomic E-state index is 0.0783. The first kappa shape index (κ1) is 10.4. The van der Waals surface area contributed by atoms with Crippen molar-refractivity contribution in [3.05, 3.63) is 29.1 Å². The van der Waals surface area contributed by atoms with E-state index in [1.165, 1.54) is 20.1 Å². The Morgan fingerprint density at radius 1 is 1.50 bits per heavy atom. The Balaban J connectivity index is 3.42. The molecule has 0 bridgehead atoms. The fourth-order valence-electron chi connectivity index (χ4n) is 1.15. The van der Waals surface area contributed by atoms with Crippen molar-refractivity contribution in [2.75, 3.05) is 7.11 Å². The van der Waals surface area contributed by atoms with Crippen molar-refractivity contribution >= 4 is 12.1 Å². The Morgan fingerprint density at radius 3 is 2.57 bits per heavy atom. The van der Waals surface area contributed by atoms with E-state index in [1.54, 1.807) is 0 Å². The molecule has 1 aromatic carbocycles. The first-order chi connectivity index (χ1) is 6.60. The summed E-state index contributed by atoms with van der Waals surface area (Å²) in [5, 5.41) is 0. The SMILES string of the molecule is COc1c(F)cc(C=O)cc1C(C)=O. The third-order valence-electron chi connectivity index (χ3n) is 1.79. The Morgan fingerprint density at radius 2 is 2.14 bits per heavy atom. The molecule has 4 heteroatoms. The summed E-state index contributed by atoms with van der Waals surface area (Å²) in [5.74, 6) is -1.17. The van der Waals surface area contributed by atoms with E-state index >= 15 is 0 Å². The Hall–Kier alpha value is -1.71. The number of carbonyl (C=O) groups excluding carboxylic acids is 2. The first-order valence-electron chi connectivity index (χ1n) is 3.93. The lowest BCUT2D eigenvalue weighted by Crippen LogP contribution is -2.01. The molecule has 1 aromatic rings. The van der Waals surface area contributed by atoms with Gasteiger partial charge in [0.25, 0.3) is 0 Å². The highest BCUT2D eigenvalue weighted by Gasteiger charge is 2.14. The summed E-state index contributed by atoms with van der Waals surface area (Å²) in [6, 6.07) is 2.33. The van der Waals surface area contributed by atoms with E-state index in [0.29, 0.717) is 6.29 Å². The Bertz CT molecular complexity index is 385. The standard InChI is InChI=1S/C10H9FO3/c1-6(13)8-3-7(5-12)4-9(11)10(8)14-2/h3-5H,1-2H3. The van der Waals surface area contributed by atoms with Gasteiger partial charge >= 0.3 is 0 Å². The molecule has 0 amide bonds. The van der Waals surface area contributed by atoms with Crippen molar-refractivity contribution in [2.45, 2.75) is 6.92 Å². The van der Waals surface area contributed by atoms with Crippen LogP contribution in [-0.2, 0) is 0 Å². The maximum Gasteiger partial charge on any atom is 0.166 e. The molecule has 14 heavy (non-hydrogen) atoms. The summed E-state index contributed by atoms with van der Waals surface area (Å²) in [5.41, 5.74) is 0.197. The van der Waals surface area contributed by atoms with Gasteiger partial charge in [0.15, 0.2) is 17.3 Å². The number of Topliss-reactive ketones (excluding diaryl/α,β-unsaturated/α-hetero) is 1. The van der Waals surface area contributed by atoms with Gasteiger partial charge in [-0.2, -0.15) is 0 Å². The van der Waals surface area contributed by atoms with Gasteiger partial charge < -0.3 is 4.74 Å². The monoisotopic (exact) mass is 196 g/mol. The maximum atomic E-state index is 13.2. The summed E-state index contributed by atoms with van der Waals surface area (Å²) < 4.78 is 17.9. The van der Waals surface area contributed by atoms with Crippen molar-refractivity contribution in [1.29, 1.82) is 0 Å². The van der Waals surface area contributed by atoms with Gasteiger partial charge in [-0.1, -0.05) is 0 Å². The van der Waals surface area contributed by atoms with Crippen LogP contribution < -0.4 is 4.74 Å². The number of hydrogen-bond donors (Lipinski definition) is 0. The lowest BCUT2D eigenvalue weighted by molar-refractivity contribution is 0.101. The second kappa shape index (κ2) is 4.00. The number of benzene rings is 1. The predicted molar refractivity (Wildman–Crippen MR) is 48.3 cm³/mol. The summed E-state index contributed by atoms with van der Waals surface area (Å²) >= 11 is 0. The van der Waals surface area contributed by atoms with E-state index in [4.69, 9.17) is 4.74 Å². The van der Waals surface area contributed by atoms with Gasteiger partial charge in [0.1, 0.15) is 6.29 Å². The molecule has 0 aliphatic rings. The number of halogens is 1. The van der Waals surface area contributed by atoms with E-state index in [-0.39, 0.29) is 22.7 Å². The smallest absolute Gasteiger partial charge is 0.166 e. The maximum absolute atomic E-state index is 13.2. The fraction of sp³-hybridized carbons (Fsp3) is 0.200.